The number of rotatable bonds is 5. The lowest BCUT2D eigenvalue weighted by molar-refractivity contribution is 0.174. The molecule has 6 rings (SSSR count). The molecule has 1 aromatic heterocycles. The molecule has 158 valence electrons. The van der Waals surface area contributed by atoms with Gasteiger partial charge < -0.3 is 14.2 Å². The minimum atomic E-state index is 0.333. The Morgan fingerprint density at radius 2 is 1.81 bits per heavy atom. The summed E-state index contributed by atoms with van der Waals surface area (Å²) < 4.78 is 17.4. The fourth-order valence-corrected chi connectivity index (χ4v) is 5.05. The highest BCUT2D eigenvalue weighted by Gasteiger charge is 2.23. The van der Waals surface area contributed by atoms with Gasteiger partial charge >= 0.3 is 0 Å². The molecule has 0 saturated heterocycles. The van der Waals surface area contributed by atoms with E-state index in [9.17, 15) is 0 Å². The van der Waals surface area contributed by atoms with Crippen molar-refractivity contribution in [2.45, 2.75) is 32.2 Å². The Morgan fingerprint density at radius 3 is 2.68 bits per heavy atom. The zero-order valence-electron chi connectivity index (χ0n) is 17.6. The third kappa shape index (κ3) is 3.53. The van der Waals surface area contributed by atoms with E-state index in [2.05, 4.69) is 46.3 Å². The maximum absolute atomic E-state index is 6.30. The number of fused-ring (bicyclic) bond motifs is 3. The number of hydrogen-bond donors (Lipinski definition) is 0. The lowest BCUT2D eigenvalue weighted by Crippen LogP contribution is -2.33. The summed E-state index contributed by atoms with van der Waals surface area (Å²) in [6.45, 7) is 3.94. The summed E-state index contributed by atoms with van der Waals surface area (Å²) in [5.74, 6) is 2.81. The van der Waals surface area contributed by atoms with Crippen LogP contribution >= 0.6 is 0 Å². The molecule has 5 heteroatoms. The molecule has 2 aliphatic heterocycles. The first-order chi connectivity index (χ1) is 15.3. The Hall–Kier alpha value is -3.05. The van der Waals surface area contributed by atoms with Crippen molar-refractivity contribution in [2.24, 2.45) is 0 Å². The third-order valence-electron chi connectivity index (χ3n) is 6.63. The van der Waals surface area contributed by atoms with Crippen LogP contribution in [0.5, 0.6) is 17.2 Å². The van der Waals surface area contributed by atoms with Crippen LogP contribution in [0.25, 0.3) is 11.3 Å². The van der Waals surface area contributed by atoms with Crippen LogP contribution in [0.2, 0.25) is 0 Å². The van der Waals surface area contributed by atoms with Crippen LogP contribution in [-0.2, 0) is 25.8 Å². The first kappa shape index (κ1) is 18.7. The second-order valence-electron chi connectivity index (χ2n) is 8.49. The van der Waals surface area contributed by atoms with E-state index >= 15 is 0 Å². The zero-order chi connectivity index (χ0) is 20.6. The van der Waals surface area contributed by atoms with Crippen molar-refractivity contribution in [3.63, 3.8) is 0 Å². The Morgan fingerprint density at radius 1 is 0.935 bits per heavy atom. The number of hydrogen-bond acceptors (Lipinski definition) is 5. The van der Waals surface area contributed by atoms with Crippen molar-refractivity contribution >= 4 is 0 Å². The monoisotopic (exact) mass is 414 g/mol. The fraction of sp³-hybridized carbons (Fsp3) is 0.346. The summed E-state index contributed by atoms with van der Waals surface area (Å²) in [4.78, 5) is 7.02. The van der Waals surface area contributed by atoms with Gasteiger partial charge in [0.25, 0.3) is 0 Å². The van der Waals surface area contributed by atoms with Gasteiger partial charge in [0.05, 0.1) is 5.69 Å². The Kier molecular flexibility index (Phi) is 4.76. The Labute approximate surface area is 182 Å². The second kappa shape index (κ2) is 7.89. The normalized spacial score (nSPS) is 16.8. The molecule has 1 aliphatic carbocycles. The number of nitrogens with zero attached hydrogens (tertiary/aromatic N) is 2. The standard InChI is InChI=1S/C26H26N2O3/c1-2-10-27-23(6-1)21-7-8-24(22-5-3-4-20(21)22)29-13-12-28-11-9-18-14-25-26(31-17-30-25)15-19(18)16-28/h1-2,6-8,10,14-15H,3-5,9,11-13,16-17H2. The van der Waals surface area contributed by atoms with E-state index in [-0.39, 0.29) is 0 Å². The average molecular weight is 415 g/mol. The molecular formula is C26H26N2O3. The summed E-state index contributed by atoms with van der Waals surface area (Å²) >= 11 is 0. The lowest BCUT2D eigenvalue weighted by atomic mass is 9.99. The molecule has 0 unspecified atom stereocenters. The van der Waals surface area contributed by atoms with Crippen LogP contribution in [-0.4, -0.2) is 36.4 Å². The van der Waals surface area contributed by atoms with Crippen LogP contribution < -0.4 is 14.2 Å². The van der Waals surface area contributed by atoms with Gasteiger partial charge in [0.1, 0.15) is 12.4 Å². The van der Waals surface area contributed by atoms with Crippen LogP contribution in [0, 0.1) is 0 Å². The first-order valence-electron chi connectivity index (χ1n) is 11.2. The average Bonchev–Trinajstić information content (AvgIpc) is 3.48. The Balaban J connectivity index is 1.12. The summed E-state index contributed by atoms with van der Waals surface area (Å²) in [6, 6.07) is 14.7. The van der Waals surface area contributed by atoms with Crippen molar-refractivity contribution in [2.75, 3.05) is 26.5 Å². The maximum Gasteiger partial charge on any atom is 0.231 e. The molecule has 0 saturated carbocycles. The Bertz CT molecular complexity index is 1110. The second-order valence-corrected chi connectivity index (χ2v) is 8.49. The van der Waals surface area contributed by atoms with Gasteiger partial charge in [-0.25, -0.2) is 0 Å². The van der Waals surface area contributed by atoms with E-state index in [0.717, 1.165) is 61.8 Å². The zero-order valence-corrected chi connectivity index (χ0v) is 17.6. The molecule has 0 N–H and O–H groups in total. The number of pyridine rings is 1. The van der Waals surface area contributed by atoms with Crippen LogP contribution in [0.15, 0.2) is 48.7 Å². The van der Waals surface area contributed by atoms with Crippen molar-refractivity contribution in [1.82, 2.24) is 9.88 Å². The van der Waals surface area contributed by atoms with E-state index in [1.807, 2.05) is 12.3 Å². The quantitative estimate of drug-likeness (QED) is 0.619. The van der Waals surface area contributed by atoms with Gasteiger partial charge in [0.2, 0.25) is 6.79 Å². The van der Waals surface area contributed by atoms with Gasteiger partial charge in [-0.05, 0) is 84.3 Å². The number of benzene rings is 2. The molecule has 2 aromatic carbocycles. The van der Waals surface area contributed by atoms with Crippen LogP contribution in [0.4, 0.5) is 0 Å². The van der Waals surface area contributed by atoms with Gasteiger partial charge in [-0.2, -0.15) is 0 Å². The van der Waals surface area contributed by atoms with Crippen molar-refractivity contribution < 1.29 is 14.2 Å². The van der Waals surface area contributed by atoms with Crippen LogP contribution in [0.1, 0.15) is 28.7 Å². The predicted molar refractivity (Wildman–Crippen MR) is 119 cm³/mol. The van der Waals surface area contributed by atoms with Gasteiger partial charge in [0.15, 0.2) is 11.5 Å². The molecule has 3 aromatic rings. The molecule has 0 bridgehead atoms. The number of aromatic nitrogens is 1. The fourth-order valence-electron chi connectivity index (χ4n) is 5.05. The maximum atomic E-state index is 6.30. The highest BCUT2D eigenvalue weighted by molar-refractivity contribution is 5.68. The molecule has 3 heterocycles. The summed E-state index contributed by atoms with van der Waals surface area (Å²) in [7, 11) is 0. The van der Waals surface area contributed by atoms with E-state index in [0.29, 0.717) is 13.4 Å². The molecule has 5 nitrogen and oxygen atoms in total. The molecule has 0 fully saturated rings. The predicted octanol–water partition coefficient (Wildman–Crippen LogP) is 4.40. The third-order valence-corrected chi connectivity index (χ3v) is 6.63. The summed E-state index contributed by atoms with van der Waals surface area (Å²) in [5.41, 5.74) is 7.83. The van der Waals surface area contributed by atoms with Crippen molar-refractivity contribution in [3.05, 3.63) is 70.9 Å². The van der Waals surface area contributed by atoms with Gasteiger partial charge in [-0.3, -0.25) is 9.88 Å². The number of ether oxygens (including phenoxy) is 3. The van der Waals surface area contributed by atoms with E-state index < -0.39 is 0 Å². The largest absolute Gasteiger partial charge is 0.492 e. The minimum Gasteiger partial charge on any atom is -0.492 e. The topological polar surface area (TPSA) is 43.8 Å². The SMILES string of the molecule is c1ccc(-c2ccc(OCCN3CCc4cc5c(cc4C3)OCO5)c3c2CCC3)nc1. The first-order valence-corrected chi connectivity index (χ1v) is 11.2. The molecular weight excluding hydrogens is 388 g/mol. The van der Waals surface area contributed by atoms with E-state index in [1.165, 1.54) is 34.2 Å². The summed E-state index contributed by atoms with van der Waals surface area (Å²) in [6.07, 6.45) is 6.30. The smallest absolute Gasteiger partial charge is 0.231 e. The van der Waals surface area contributed by atoms with Gasteiger partial charge in [0, 0.05) is 31.4 Å². The highest BCUT2D eigenvalue weighted by atomic mass is 16.7. The van der Waals surface area contributed by atoms with Gasteiger partial charge in [-0.1, -0.05) is 6.07 Å². The highest BCUT2D eigenvalue weighted by Crippen LogP contribution is 2.38. The molecule has 3 aliphatic rings. The van der Waals surface area contributed by atoms with Crippen molar-refractivity contribution in [3.8, 4) is 28.5 Å². The lowest BCUT2D eigenvalue weighted by Gasteiger charge is -2.29. The van der Waals surface area contributed by atoms with Crippen LogP contribution in [0.3, 0.4) is 0 Å². The van der Waals surface area contributed by atoms with Gasteiger partial charge in [-0.15, -0.1) is 0 Å². The van der Waals surface area contributed by atoms with Crippen molar-refractivity contribution in [1.29, 1.82) is 0 Å². The molecule has 0 spiro atoms. The van der Waals surface area contributed by atoms with E-state index in [4.69, 9.17) is 14.2 Å². The minimum absolute atomic E-state index is 0.333. The molecule has 0 radical (unpaired) electrons. The molecule has 31 heavy (non-hydrogen) atoms. The molecule has 0 amide bonds. The summed E-state index contributed by atoms with van der Waals surface area (Å²) in [5, 5.41) is 0. The van der Waals surface area contributed by atoms with E-state index in [1.54, 1.807) is 0 Å². The molecule has 0 atom stereocenters.